The molecular formula is C23H26N6O3. The lowest BCUT2D eigenvalue weighted by Gasteiger charge is -2.38. The van der Waals surface area contributed by atoms with Gasteiger partial charge in [0.05, 0.1) is 36.5 Å². The van der Waals surface area contributed by atoms with E-state index in [-0.39, 0.29) is 18.2 Å². The average Bonchev–Trinajstić information content (AvgIpc) is 3.41. The van der Waals surface area contributed by atoms with Gasteiger partial charge in [-0.2, -0.15) is 0 Å². The van der Waals surface area contributed by atoms with E-state index in [4.69, 9.17) is 15.2 Å². The summed E-state index contributed by atoms with van der Waals surface area (Å²) in [5, 5.41) is 3.50. The Morgan fingerprint density at radius 3 is 3.00 bits per heavy atom. The van der Waals surface area contributed by atoms with Gasteiger partial charge in [-0.05, 0) is 30.2 Å². The predicted molar refractivity (Wildman–Crippen MR) is 117 cm³/mol. The lowest BCUT2D eigenvalue weighted by atomic mass is 9.93. The van der Waals surface area contributed by atoms with Crippen LogP contribution in [0.5, 0.6) is 5.88 Å². The van der Waals surface area contributed by atoms with Crippen LogP contribution in [0.15, 0.2) is 43.0 Å². The zero-order valence-electron chi connectivity index (χ0n) is 18.1. The molecule has 1 saturated heterocycles. The van der Waals surface area contributed by atoms with Crippen molar-refractivity contribution in [1.29, 1.82) is 0 Å². The number of ether oxygens (including phenoxy) is 2. The largest absolute Gasteiger partial charge is 0.481 e. The number of hydrogen-bond donors (Lipinski definition) is 2. The number of carbonyl (C=O) groups is 1. The third-order valence-corrected chi connectivity index (χ3v) is 6.14. The molecule has 9 nitrogen and oxygen atoms in total. The van der Waals surface area contributed by atoms with Crippen molar-refractivity contribution < 1.29 is 14.3 Å². The van der Waals surface area contributed by atoms with Crippen molar-refractivity contribution in [2.45, 2.75) is 32.3 Å². The average molecular weight is 435 g/mol. The zero-order chi connectivity index (χ0) is 22.2. The molecule has 166 valence electrons. The molecule has 5 rings (SSSR count). The van der Waals surface area contributed by atoms with E-state index in [1.54, 1.807) is 19.6 Å². The Kier molecular flexibility index (Phi) is 5.38. The first-order valence-electron chi connectivity index (χ1n) is 10.6. The Morgan fingerprint density at radius 2 is 2.16 bits per heavy atom. The molecule has 4 heterocycles. The van der Waals surface area contributed by atoms with Crippen molar-refractivity contribution in [1.82, 2.24) is 24.8 Å². The van der Waals surface area contributed by atoms with Crippen LogP contribution >= 0.6 is 0 Å². The van der Waals surface area contributed by atoms with Crippen molar-refractivity contribution in [2.75, 3.05) is 20.2 Å². The number of nitrogens with one attached hydrogen (secondary N) is 1. The third kappa shape index (κ3) is 3.86. The molecule has 0 radical (unpaired) electrons. The van der Waals surface area contributed by atoms with Crippen molar-refractivity contribution in [3.8, 4) is 11.6 Å². The van der Waals surface area contributed by atoms with E-state index in [1.807, 2.05) is 42.0 Å². The van der Waals surface area contributed by atoms with E-state index >= 15 is 0 Å². The fourth-order valence-corrected chi connectivity index (χ4v) is 4.52. The smallest absolute Gasteiger partial charge is 0.338 e. The molecule has 0 bridgehead atoms. The Hall–Kier alpha value is -3.27. The number of hydrogen-bond acceptors (Lipinski definition) is 8. The van der Waals surface area contributed by atoms with E-state index in [1.165, 1.54) is 0 Å². The molecule has 0 unspecified atom stereocenters. The highest BCUT2D eigenvalue weighted by molar-refractivity contribution is 5.94. The summed E-state index contributed by atoms with van der Waals surface area (Å²) >= 11 is 0. The van der Waals surface area contributed by atoms with Crippen LogP contribution in [0.25, 0.3) is 5.69 Å². The van der Waals surface area contributed by atoms with E-state index in [0.29, 0.717) is 24.6 Å². The number of benzene rings is 1. The fraction of sp³-hybridized carbons (Fsp3) is 0.348. The van der Waals surface area contributed by atoms with Gasteiger partial charge in [-0.25, -0.2) is 14.8 Å². The van der Waals surface area contributed by atoms with Gasteiger partial charge in [-0.1, -0.05) is 6.07 Å². The molecule has 9 heteroatoms. The summed E-state index contributed by atoms with van der Waals surface area (Å²) in [7, 11) is 1.60. The molecule has 0 spiro atoms. The van der Waals surface area contributed by atoms with Crippen molar-refractivity contribution in [2.24, 2.45) is 5.73 Å². The van der Waals surface area contributed by atoms with E-state index in [9.17, 15) is 4.79 Å². The monoisotopic (exact) mass is 434 g/mol. The number of pyridine rings is 1. The van der Waals surface area contributed by atoms with Gasteiger partial charge in [0.25, 0.3) is 0 Å². The van der Waals surface area contributed by atoms with Crippen molar-refractivity contribution in [3.05, 3.63) is 70.9 Å². The van der Waals surface area contributed by atoms with Crippen LogP contribution in [0, 0.1) is 6.92 Å². The van der Waals surface area contributed by atoms with Gasteiger partial charge in [0.1, 0.15) is 6.61 Å². The Balaban J connectivity index is 1.33. The number of esters is 1. The number of aromatic nitrogens is 3. The second-order valence-corrected chi connectivity index (χ2v) is 8.23. The number of imidazole rings is 1. The third-order valence-electron chi connectivity index (χ3n) is 6.14. The minimum absolute atomic E-state index is 0.0614. The summed E-state index contributed by atoms with van der Waals surface area (Å²) in [6.45, 7) is 4.59. The molecular weight excluding hydrogens is 408 g/mol. The maximum absolute atomic E-state index is 11.9. The molecule has 3 aromatic rings. The quantitative estimate of drug-likeness (QED) is 0.584. The molecule has 2 atom stereocenters. The van der Waals surface area contributed by atoms with E-state index in [2.05, 4.69) is 20.2 Å². The number of cyclic esters (lactones) is 1. The van der Waals surface area contributed by atoms with Crippen LogP contribution in [-0.4, -0.2) is 51.8 Å². The van der Waals surface area contributed by atoms with Crippen LogP contribution in [0.1, 0.15) is 38.8 Å². The second kappa shape index (κ2) is 8.34. The lowest BCUT2D eigenvalue weighted by Crippen LogP contribution is -2.56. The van der Waals surface area contributed by atoms with Crippen LogP contribution in [-0.2, 0) is 17.9 Å². The number of rotatable bonds is 5. The predicted octanol–water partition coefficient (Wildman–Crippen LogP) is 1.69. The first kappa shape index (κ1) is 20.6. The standard InChI is InChI=1S/C23H26N6O3/c1-14-17(3-4-18-19(14)12-32-23(18)30)20-10-28(11-21(24)27-20)8-15-9-29(13-26-15)16-5-6-25-22(7-16)31-2/h3-7,9,13,20-21,27H,8,10-12,24H2,1-2H3/t20-,21+/m0/s1. The van der Waals surface area contributed by atoms with Crippen LogP contribution in [0.3, 0.4) is 0 Å². The van der Waals surface area contributed by atoms with E-state index < -0.39 is 0 Å². The maximum Gasteiger partial charge on any atom is 0.338 e. The van der Waals surface area contributed by atoms with Gasteiger partial charge in [0.15, 0.2) is 0 Å². The van der Waals surface area contributed by atoms with Gasteiger partial charge >= 0.3 is 5.97 Å². The molecule has 2 aliphatic heterocycles. The Morgan fingerprint density at radius 1 is 1.28 bits per heavy atom. The molecule has 2 aromatic heterocycles. The molecule has 1 aromatic carbocycles. The minimum atomic E-state index is -0.244. The summed E-state index contributed by atoms with van der Waals surface area (Å²) in [5.74, 6) is 0.317. The highest BCUT2D eigenvalue weighted by atomic mass is 16.5. The van der Waals surface area contributed by atoms with Gasteiger partial charge < -0.3 is 19.8 Å². The maximum atomic E-state index is 11.9. The highest BCUT2D eigenvalue weighted by Crippen LogP contribution is 2.30. The van der Waals surface area contributed by atoms with Gasteiger partial charge in [-0.15, -0.1) is 0 Å². The number of piperazine rings is 1. The highest BCUT2D eigenvalue weighted by Gasteiger charge is 2.30. The molecule has 0 aliphatic carbocycles. The van der Waals surface area contributed by atoms with Crippen LogP contribution in [0.2, 0.25) is 0 Å². The number of fused-ring (bicyclic) bond motifs is 1. The molecule has 2 aliphatic rings. The first-order valence-corrected chi connectivity index (χ1v) is 10.6. The van der Waals surface area contributed by atoms with Gasteiger partial charge in [0, 0.05) is 49.7 Å². The van der Waals surface area contributed by atoms with Crippen molar-refractivity contribution >= 4 is 5.97 Å². The Labute approximate surface area is 186 Å². The molecule has 0 amide bonds. The van der Waals surface area contributed by atoms with Crippen LogP contribution < -0.4 is 15.8 Å². The van der Waals surface area contributed by atoms with Crippen LogP contribution in [0.4, 0.5) is 0 Å². The Bertz CT molecular complexity index is 1160. The zero-order valence-corrected chi connectivity index (χ0v) is 18.1. The molecule has 1 fully saturated rings. The molecule has 32 heavy (non-hydrogen) atoms. The molecule has 0 saturated carbocycles. The second-order valence-electron chi connectivity index (χ2n) is 8.23. The fourth-order valence-electron chi connectivity index (χ4n) is 4.52. The number of nitrogens with two attached hydrogens (primary N) is 1. The minimum Gasteiger partial charge on any atom is -0.481 e. The molecule has 3 N–H and O–H groups in total. The van der Waals surface area contributed by atoms with Gasteiger partial charge in [0.2, 0.25) is 5.88 Å². The van der Waals surface area contributed by atoms with E-state index in [0.717, 1.165) is 41.2 Å². The first-order chi connectivity index (χ1) is 15.5. The SMILES string of the molecule is COc1cc(-n2cnc(CN3C[C@@H](c4ccc5c(c4C)COC5=O)N[C@@H](N)C3)c2)ccn1. The summed E-state index contributed by atoms with van der Waals surface area (Å²) in [5.41, 5.74) is 12.1. The topological polar surface area (TPSA) is 108 Å². The lowest BCUT2D eigenvalue weighted by molar-refractivity contribution is 0.0535. The number of methoxy groups -OCH3 is 1. The summed E-state index contributed by atoms with van der Waals surface area (Å²) in [6.07, 6.45) is 5.36. The summed E-state index contributed by atoms with van der Waals surface area (Å²) in [6, 6.07) is 7.72. The number of carbonyl (C=O) groups excluding carboxylic acids is 1. The van der Waals surface area contributed by atoms with Gasteiger partial charge in [-0.3, -0.25) is 10.2 Å². The summed E-state index contributed by atoms with van der Waals surface area (Å²) in [4.78, 5) is 22.9. The summed E-state index contributed by atoms with van der Waals surface area (Å²) < 4.78 is 12.4. The van der Waals surface area contributed by atoms with Crippen molar-refractivity contribution in [3.63, 3.8) is 0 Å². The number of nitrogens with zero attached hydrogens (tertiary/aromatic N) is 4. The normalized spacial score (nSPS) is 20.8.